The molecule has 4 aromatic carbocycles. The first-order valence-corrected chi connectivity index (χ1v) is 24.5. The molecule has 2 aliphatic heterocycles. The summed E-state index contributed by atoms with van der Waals surface area (Å²) in [6, 6.07) is 35.2. The summed E-state index contributed by atoms with van der Waals surface area (Å²) in [7, 11) is 6.85. The fraction of sp³-hybridized carbons (Fsp3) is 0.435. The average Bonchev–Trinajstić information content (AvgIpc) is 3.28. The first-order chi connectivity index (χ1) is 29.9. The third kappa shape index (κ3) is 15.3. The summed E-state index contributed by atoms with van der Waals surface area (Å²) in [6.45, 7) is 4.00. The molecule has 0 aliphatic carbocycles. The van der Waals surface area contributed by atoms with Gasteiger partial charge in [-0.3, -0.25) is 9.59 Å². The maximum Gasteiger partial charge on any atom is 0.299 e. The maximum absolute atomic E-state index is 12.9. The Kier molecular flexibility index (Phi) is 19.4. The van der Waals surface area contributed by atoms with Crippen LogP contribution in [0, 0.1) is 10.8 Å². The number of carbonyl (C=O) groups is 2. The molecule has 17 heteroatoms. The molecule has 0 unspecified atom stereocenters. The van der Waals surface area contributed by atoms with E-state index in [1.807, 2.05) is 54.6 Å². The second kappa shape index (κ2) is 23.9. The van der Waals surface area contributed by atoms with Crippen molar-refractivity contribution in [3.63, 3.8) is 0 Å². The zero-order valence-electron chi connectivity index (χ0n) is 37.2. The van der Waals surface area contributed by atoms with Crippen molar-refractivity contribution in [1.29, 1.82) is 0 Å². The number of nitrogens with one attached hydrogen (secondary N) is 3. The van der Waals surface area contributed by atoms with Crippen LogP contribution in [0.5, 0.6) is 11.5 Å². The Morgan fingerprint density at radius 3 is 1.35 bits per heavy atom. The molecule has 4 aromatic rings. The van der Waals surface area contributed by atoms with Crippen molar-refractivity contribution in [1.82, 2.24) is 28.9 Å². The lowest BCUT2D eigenvalue weighted by Gasteiger charge is -2.42. The Bertz CT molecular complexity index is 2270. The summed E-state index contributed by atoms with van der Waals surface area (Å²) < 4.78 is 59.5. The normalized spacial score (nSPS) is 16.1. The number of piperidine rings is 2. The Labute approximate surface area is 379 Å². The minimum Gasteiger partial charge on any atom is -0.496 e. The highest BCUT2D eigenvalue weighted by Gasteiger charge is 2.39. The molecule has 2 saturated heterocycles. The smallest absolute Gasteiger partial charge is 0.299 e. The highest BCUT2D eigenvalue weighted by atomic mass is 35.7. The molecule has 0 bridgehead atoms. The van der Waals surface area contributed by atoms with Gasteiger partial charge in [-0.15, -0.1) is 0 Å². The fourth-order valence-corrected chi connectivity index (χ4v) is 8.77. The molecule has 0 radical (unpaired) electrons. The molecule has 14 nitrogen and oxygen atoms in total. The molecule has 0 atom stereocenters. The number of hydrogen-bond acceptors (Lipinski definition) is 9. The summed E-state index contributed by atoms with van der Waals surface area (Å²) in [5.41, 5.74) is 3.47. The Morgan fingerprint density at radius 2 is 0.984 bits per heavy atom. The molecule has 0 aromatic heterocycles. The molecule has 3 N–H and O–H groups in total. The standard InChI is InChI=1S/C23H31N3O4S.C21H26N2O2.C2H6ClNO2S/c1-25(2)31(28,29)26-15-13-23(14-16-26,17-19-9-5-4-6-10-19)18-24-22(27)20-11-7-8-12-21(20)30-3;1-25-19-10-6-5-9-18(19)20(24)23-16-21(11-13-22-14-12-21)15-17-7-3-2-4-8-17;1-4(2)7(3,5)6/h4-12H,13-18H2,1-3H3,(H,24,27);2-10,22H,11-16H2,1H3,(H,23,24);1-2H3. The predicted molar refractivity (Wildman–Crippen MR) is 250 cm³/mol. The fourth-order valence-electron chi connectivity index (χ4n) is 7.66. The van der Waals surface area contributed by atoms with Crippen LogP contribution in [0.2, 0.25) is 0 Å². The van der Waals surface area contributed by atoms with Crippen LogP contribution in [-0.4, -0.2) is 123 Å². The van der Waals surface area contributed by atoms with E-state index < -0.39 is 19.4 Å². The van der Waals surface area contributed by atoms with E-state index in [4.69, 9.17) is 20.2 Å². The van der Waals surface area contributed by atoms with E-state index in [0.717, 1.165) is 43.1 Å². The first kappa shape index (κ1) is 51.1. The third-order valence-electron chi connectivity index (χ3n) is 11.5. The average molecular weight is 928 g/mol. The molecule has 0 spiro atoms. The lowest BCUT2D eigenvalue weighted by atomic mass is 9.74. The van der Waals surface area contributed by atoms with E-state index >= 15 is 0 Å². The summed E-state index contributed by atoms with van der Waals surface area (Å²) in [5.74, 6) is 0.892. The lowest BCUT2D eigenvalue weighted by Crippen LogP contribution is -2.51. The third-order valence-corrected chi connectivity index (χ3v) is 15.1. The van der Waals surface area contributed by atoms with Crippen LogP contribution in [-0.2, 0) is 32.3 Å². The number of benzene rings is 4. The van der Waals surface area contributed by atoms with Crippen LogP contribution in [0.25, 0.3) is 0 Å². The number of methoxy groups -OCH3 is 2. The number of halogens is 1. The van der Waals surface area contributed by atoms with Crippen molar-refractivity contribution in [3.8, 4) is 11.5 Å². The molecule has 2 amide bonds. The van der Waals surface area contributed by atoms with E-state index in [0.29, 0.717) is 61.6 Å². The van der Waals surface area contributed by atoms with Gasteiger partial charge in [-0.25, -0.2) is 0 Å². The van der Waals surface area contributed by atoms with E-state index in [2.05, 4.69) is 52.3 Å². The number of nitrogens with zero attached hydrogens (tertiary/aromatic N) is 3. The topological polar surface area (TPSA) is 167 Å². The van der Waals surface area contributed by atoms with Crippen molar-refractivity contribution < 1.29 is 35.9 Å². The SMILES string of the molecule is CN(C)S(=O)(=O)Cl.COc1ccccc1C(=O)NCC1(Cc2ccccc2)CCN(S(=O)(=O)N(C)C)CC1.COc1ccccc1C(=O)NCC1(Cc2ccccc2)CCNCC1. The second-order valence-electron chi connectivity index (χ2n) is 16.3. The Morgan fingerprint density at radius 1 is 0.619 bits per heavy atom. The largest absolute Gasteiger partial charge is 0.496 e. The molecule has 2 aliphatic rings. The monoisotopic (exact) mass is 926 g/mol. The van der Waals surface area contributed by atoms with E-state index in [1.165, 1.54) is 33.8 Å². The minimum atomic E-state index is -3.44. The first-order valence-electron chi connectivity index (χ1n) is 20.8. The molecule has 63 heavy (non-hydrogen) atoms. The number of carbonyl (C=O) groups excluding carboxylic acids is 2. The maximum atomic E-state index is 12.9. The van der Waals surface area contributed by atoms with Gasteiger partial charge in [-0.05, 0) is 97.8 Å². The number of hydrogen-bond donors (Lipinski definition) is 3. The van der Waals surface area contributed by atoms with Gasteiger partial charge < -0.3 is 25.4 Å². The molecule has 344 valence electrons. The van der Waals surface area contributed by atoms with E-state index in [-0.39, 0.29) is 22.6 Å². The second-order valence-corrected chi connectivity index (χ2v) is 21.1. The number of ether oxygens (including phenoxy) is 2. The Hall–Kier alpha value is -4.55. The molecule has 0 saturated carbocycles. The lowest BCUT2D eigenvalue weighted by molar-refractivity contribution is 0.0886. The molecular weight excluding hydrogens is 864 g/mol. The van der Waals surface area contributed by atoms with E-state index in [1.54, 1.807) is 46.5 Å². The van der Waals surface area contributed by atoms with Crippen LogP contribution < -0.4 is 25.4 Å². The number of rotatable bonds is 15. The summed E-state index contributed by atoms with van der Waals surface area (Å²) in [6.07, 6.45) is 5.22. The molecule has 2 heterocycles. The van der Waals surface area contributed by atoms with E-state index in [9.17, 15) is 26.4 Å². The van der Waals surface area contributed by atoms with Gasteiger partial charge in [0.05, 0.1) is 25.3 Å². The molecule has 2 fully saturated rings. The highest BCUT2D eigenvalue weighted by Crippen LogP contribution is 2.36. The number of para-hydroxylation sites is 2. The minimum absolute atomic E-state index is 0.0663. The summed E-state index contributed by atoms with van der Waals surface area (Å²) in [4.78, 5) is 25.5. The zero-order valence-corrected chi connectivity index (χ0v) is 39.6. The number of amides is 2. The molecular formula is C46H63ClN6O8S2. The van der Waals surface area contributed by atoms with Crippen molar-refractivity contribution in [3.05, 3.63) is 131 Å². The highest BCUT2D eigenvalue weighted by molar-refractivity contribution is 8.11. The van der Waals surface area contributed by atoms with Crippen LogP contribution >= 0.6 is 10.7 Å². The van der Waals surface area contributed by atoms with Gasteiger partial charge >= 0.3 is 0 Å². The van der Waals surface area contributed by atoms with Crippen LogP contribution in [0.4, 0.5) is 0 Å². The van der Waals surface area contributed by atoms with Gasteiger partial charge in [-0.2, -0.15) is 29.8 Å². The Balaban J connectivity index is 0.000000244. The summed E-state index contributed by atoms with van der Waals surface area (Å²) in [5, 5.41) is 9.67. The van der Waals surface area contributed by atoms with Crippen molar-refractivity contribution in [2.45, 2.75) is 38.5 Å². The van der Waals surface area contributed by atoms with Gasteiger partial charge in [0.25, 0.3) is 31.3 Å². The van der Waals surface area contributed by atoms with Gasteiger partial charge in [0.1, 0.15) is 11.5 Å². The quantitative estimate of drug-likeness (QED) is 0.128. The van der Waals surface area contributed by atoms with Crippen LogP contribution in [0.1, 0.15) is 57.5 Å². The van der Waals surface area contributed by atoms with Gasteiger partial charge in [0, 0.05) is 65.1 Å². The van der Waals surface area contributed by atoms with Crippen molar-refractivity contribution in [2.24, 2.45) is 10.8 Å². The van der Waals surface area contributed by atoms with Crippen LogP contribution in [0.3, 0.4) is 0 Å². The predicted octanol–water partition coefficient (Wildman–Crippen LogP) is 5.63. The summed E-state index contributed by atoms with van der Waals surface area (Å²) >= 11 is 0. The van der Waals surface area contributed by atoms with Gasteiger partial charge in [-0.1, -0.05) is 84.9 Å². The van der Waals surface area contributed by atoms with Gasteiger partial charge in [0.2, 0.25) is 0 Å². The van der Waals surface area contributed by atoms with Crippen molar-refractivity contribution >= 4 is 41.9 Å². The van der Waals surface area contributed by atoms with Crippen LogP contribution in [0.15, 0.2) is 109 Å². The molecule has 6 rings (SSSR count). The van der Waals surface area contributed by atoms with Gasteiger partial charge in [0.15, 0.2) is 0 Å². The zero-order chi connectivity index (χ0) is 46.1. The van der Waals surface area contributed by atoms with Crippen molar-refractivity contribution in [2.75, 3.05) is 81.7 Å².